The highest BCUT2D eigenvalue weighted by Crippen LogP contribution is 2.35. The molecular weight excluding hydrogens is 664 g/mol. The minimum absolute atomic E-state index is 0.0892. The van der Waals surface area contributed by atoms with Crippen molar-refractivity contribution in [1.82, 2.24) is 4.90 Å². The normalized spacial score (nSPS) is 10.3. The molecule has 0 saturated heterocycles. The predicted octanol–water partition coefficient (Wildman–Crippen LogP) is 3.10. The summed E-state index contributed by atoms with van der Waals surface area (Å²) in [7, 11) is 1.58. The summed E-state index contributed by atoms with van der Waals surface area (Å²) in [5.74, 6) is -0.739. The number of likely N-dealkylation sites (N-methyl/N-ethyl adjacent to an activating group) is 1. The number of hydrogen-bond acceptors (Lipinski definition) is 5. The van der Waals surface area contributed by atoms with Crippen molar-refractivity contribution >= 4 is 102 Å². The first kappa shape index (κ1) is 21.2. The first-order valence-corrected chi connectivity index (χ1v) is 9.75. The maximum atomic E-state index is 12.7. The topological polar surface area (TPSA) is 89.7 Å². The zero-order valence-corrected chi connectivity index (χ0v) is 19.3. The number of hydrogen-bond donors (Lipinski definition) is 1. The second kappa shape index (κ2) is 8.99. The van der Waals surface area contributed by atoms with Crippen molar-refractivity contribution in [2.24, 2.45) is 0 Å². The zero-order chi connectivity index (χ0) is 17.9. The van der Waals surface area contributed by atoms with Crippen LogP contribution in [0.1, 0.15) is 27.6 Å². The lowest BCUT2D eigenvalue weighted by atomic mass is 10.1. The van der Waals surface area contributed by atoms with E-state index in [1.165, 1.54) is 11.8 Å². The fourth-order valence-electron chi connectivity index (χ4n) is 1.66. The number of halogens is 4. The van der Waals surface area contributed by atoms with Crippen LogP contribution in [0.4, 0.5) is 5.69 Å². The molecule has 1 aromatic rings. The van der Waals surface area contributed by atoms with E-state index < -0.39 is 11.2 Å². The Balaban J connectivity index is 3.24. The molecule has 0 atom stereocenters. The van der Waals surface area contributed by atoms with Gasteiger partial charge in [-0.2, -0.15) is 0 Å². The number of esters is 1. The van der Waals surface area contributed by atoms with Crippen molar-refractivity contribution in [3.63, 3.8) is 0 Å². The molecule has 0 aromatic heterocycles. The van der Waals surface area contributed by atoms with E-state index in [1.807, 2.05) is 67.8 Å². The minimum Gasteiger partial charge on any atom is -0.464 e. The zero-order valence-electron chi connectivity index (χ0n) is 12.1. The third kappa shape index (κ3) is 5.04. The van der Waals surface area contributed by atoms with Gasteiger partial charge in [0.15, 0.2) is 0 Å². The first-order valence-electron chi connectivity index (χ1n) is 6.14. The molecule has 10 heteroatoms. The average molecular weight is 676 g/mol. The molecule has 0 radical (unpaired) electrons. The third-order valence-electron chi connectivity index (χ3n) is 2.84. The standard InChI is InChI=1S/C13H12ClI3N2O4/c1-5(20)23-4-3-19(2)13(22)7-8(15)6(12(14)21)9(16)11(18)10(7)17/h3-4,18H2,1-2H3. The monoisotopic (exact) mass is 676 g/mol. The van der Waals surface area contributed by atoms with Crippen LogP contribution < -0.4 is 5.73 Å². The summed E-state index contributed by atoms with van der Waals surface area (Å²) in [5.41, 5.74) is 6.88. The minimum atomic E-state index is -0.668. The Morgan fingerprint density at radius 2 is 1.65 bits per heavy atom. The number of rotatable bonds is 5. The van der Waals surface area contributed by atoms with Crippen LogP contribution in [0.15, 0.2) is 0 Å². The van der Waals surface area contributed by atoms with Crippen LogP contribution in [-0.2, 0) is 9.53 Å². The largest absolute Gasteiger partial charge is 0.464 e. The fraction of sp³-hybridized carbons (Fsp3) is 0.308. The van der Waals surface area contributed by atoms with Gasteiger partial charge in [0.25, 0.3) is 11.1 Å². The highest BCUT2D eigenvalue weighted by atomic mass is 127. The van der Waals surface area contributed by atoms with Gasteiger partial charge in [0.05, 0.1) is 30.5 Å². The Morgan fingerprint density at radius 3 is 2.13 bits per heavy atom. The van der Waals surface area contributed by atoms with E-state index >= 15 is 0 Å². The van der Waals surface area contributed by atoms with Crippen molar-refractivity contribution in [1.29, 1.82) is 0 Å². The molecule has 0 unspecified atom stereocenters. The molecule has 0 aliphatic heterocycles. The number of amides is 1. The van der Waals surface area contributed by atoms with Gasteiger partial charge in [-0.3, -0.25) is 14.4 Å². The summed E-state index contributed by atoms with van der Waals surface area (Å²) < 4.78 is 6.36. The Morgan fingerprint density at radius 1 is 1.13 bits per heavy atom. The predicted molar refractivity (Wildman–Crippen MR) is 113 cm³/mol. The second-order valence-corrected chi connectivity index (χ2v) is 8.03. The molecule has 23 heavy (non-hydrogen) atoms. The van der Waals surface area contributed by atoms with Crippen LogP contribution >= 0.6 is 79.4 Å². The molecule has 6 nitrogen and oxygen atoms in total. The van der Waals surface area contributed by atoms with Crippen LogP contribution in [0.3, 0.4) is 0 Å². The molecule has 0 bridgehead atoms. The number of nitrogens with two attached hydrogens (primary N) is 1. The van der Waals surface area contributed by atoms with Crippen molar-refractivity contribution < 1.29 is 19.1 Å². The maximum Gasteiger partial charge on any atom is 0.302 e. The number of nitrogens with zero attached hydrogens (tertiary/aromatic N) is 1. The number of anilines is 1. The summed E-state index contributed by atoms with van der Waals surface area (Å²) in [6.07, 6.45) is 0. The van der Waals surface area contributed by atoms with Gasteiger partial charge in [-0.1, -0.05) is 0 Å². The molecular formula is C13H12ClI3N2O4. The van der Waals surface area contributed by atoms with Gasteiger partial charge < -0.3 is 15.4 Å². The molecule has 0 saturated carbocycles. The second-order valence-electron chi connectivity index (χ2n) is 4.45. The summed E-state index contributed by atoms with van der Waals surface area (Å²) in [6.45, 7) is 1.61. The van der Waals surface area contributed by atoms with E-state index in [4.69, 9.17) is 22.1 Å². The molecule has 1 aromatic carbocycles. The van der Waals surface area contributed by atoms with E-state index in [0.29, 0.717) is 22.0 Å². The Kier molecular flexibility index (Phi) is 8.27. The Bertz CT molecular complexity index is 682. The average Bonchev–Trinajstić information content (AvgIpc) is 2.44. The number of carbonyl (C=O) groups excluding carboxylic acids is 3. The molecule has 0 aliphatic carbocycles. The summed E-state index contributed by atoms with van der Waals surface area (Å²) in [6, 6.07) is 0. The van der Waals surface area contributed by atoms with Crippen molar-refractivity contribution in [2.75, 3.05) is 25.9 Å². The molecule has 0 fully saturated rings. The fourth-order valence-corrected chi connectivity index (χ4v) is 6.29. The highest BCUT2D eigenvalue weighted by Gasteiger charge is 2.27. The summed E-state index contributed by atoms with van der Waals surface area (Å²) in [5, 5.41) is -0.668. The lowest BCUT2D eigenvalue weighted by molar-refractivity contribution is -0.141. The number of carbonyl (C=O) groups is 3. The Labute approximate surface area is 179 Å². The van der Waals surface area contributed by atoms with Crippen LogP contribution in [-0.4, -0.2) is 42.2 Å². The van der Waals surface area contributed by atoms with Crippen molar-refractivity contribution in [2.45, 2.75) is 6.92 Å². The van der Waals surface area contributed by atoms with E-state index in [-0.39, 0.29) is 24.6 Å². The van der Waals surface area contributed by atoms with Crippen LogP contribution in [0, 0.1) is 10.7 Å². The quantitative estimate of drug-likeness (QED) is 0.224. The van der Waals surface area contributed by atoms with Gasteiger partial charge in [0, 0.05) is 17.5 Å². The molecule has 0 heterocycles. The highest BCUT2D eigenvalue weighted by molar-refractivity contribution is 14.1. The smallest absolute Gasteiger partial charge is 0.302 e. The van der Waals surface area contributed by atoms with E-state index in [2.05, 4.69) is 0 Å². The maximum absolute atomic E-state index is 12.7. The first-order chi connectivity index (χ1) is 10.6. The Hall–Kier alpha value is 0.110. The number of nitrogen functional groups attached to an aromatic ring is 1. The third-order valence-corrected chi connectivity index (χ3v) is 6.35. The van der Waals surface area contributed by atoms with Gasteiger partial charge in [-0.05, 0) is 79.4 Å². The lowest BCUT2D eigenvalue weighted by Gasteiger charge is -2.21. The van der Waals surface area contributed by atoms with Gasteiger partial charge >= 0.3 is 5.97 Å². The molecule has 1 amide bonds. The molecule has 1 rings (SSSR count). The van der Waals surface area contributed by atoms with E-state index in [9.17, 15) is 14.4 Å². The molecule has 0 aliphatic rings. The molecule has 126 valence electrons. The number of ether oxygens (including phenoxy) is 1. The van der Waals surface area contributed by atoms with E-state index in [1.54, 1.807) is 7.05 Å². The van der Waals surface area contributed by atoms with Crippen molar-refractivity contribution in [3.8, 4) is 0 Å². The van der Waals surface area contributed by atoms with Crippen LogP contribution in [0.5, 0.6) is 0 Å². The van der Waals surface area contributed by atoms with Gasteiger partial charge in [-0.25, -0.2) is 0 Å². The molecule has 0 spiro atoms. The van der Waals surface area contributed by atoms with Gasteiger partial charge in [0.2, 0.25) is 0 Å². The van der Waals surface area contributed by atoms with Crippen LogP contribution in [0.2, 0.25) is 0 Å². The summed E-state index contributed by atoms with van der Waals surface area (Å²) in [4.78, 5) is 36.5. The van der Waals surface area contributed by atoms with Gasteiger partial charge in [0.1, 0.15) is 6.61 Å². The van der Waals surface area contributed by atoms with Crippen LogP contribution in [0.25, 0.3) is 0 Å². The number of benzene rings is 1. The van der Waals surface area contributed by atoms with Gasteiger partial charge in [-0.15, -0.1) is 0 Å². The lowest BCUT2D eigenvalue weighted by Crippen LogP contribution is -2.32. The SMILES string of the molecule is CC(=O)OCCN(C)C(=O)c1c(I)c(N)c(I)c(C(=O)Cl)c1I. The van der Waals surface area contributed by atoms with E-state index in [0.717, 1.165) is 0 Å². The molecule has 2 N–H and O–H groups in total. The summed E-state index contributed by atoms with van der Waals surface area (Å²) >= 11 is 11.4. The van der Waals surface area contributed by atoms with Crippen molar-refractivity contribution in [3.05, 3.63) is 21.8 Å².